The van der Waals surface area contributed by atoms with Gasteiger partial charge in [0.2, 0.25) is 0 Å². The van der Waals surface area contributed by atoms with Crippen molar-refractivity contribution in [3.05, 3.63) is 0 Å². The molecule has 0 bridgehead atoms. The van der Waals surface area contributed by atoms with Crippen molar-refractivity contribution in [1.82, 2.24) is 4.90 Å². The van der Waals surface area contributed by atoms with E-state index in [1.54, 1.807) is 0 Å². The molecule has 1 nitrogen and oxygen atoms in total. The molecule has 0 saturated carbocycles. The van der Waals surface area contributed by atoms with Gasteiger partial charge >= 0.3 is 0 Å². The number of unbranched alkanes of at least 4 members (excludes halogenated alkanes) is 9. The Morgan fingerprint density at radius 3 is 1.95 bits per heavy atom. The number of nitrogens with zero attached hydrogens (tertiary/aromatic N) is 1. The zero-order valence-electron chi connectivity index (χ0n) is 14.0. The third-order valence-corrected chi connectivity index (χ3v) is 4.57. The Hall–Kier alpha value is 0.440. The number of piperidine rings is 1. The van der Waals surface area contributed by atoms with E-state index in [1.807, 2.05) is 0 Å². The molecular formula is C18H38BrN. The summed E-state index contributed by atoms with van der Waals surface area (Å²) in [6.07, 6.45) is 17.4. The number of rotatable bonds is 11. The van der Waals surface area contributed by atoms with E-state index in [9.17, 15) is 0 Å². The summed E-state index contributed by atoms with van der Waals surface area (Å²) >= 11 is 0. The molecule has 0 N–H and O–H groups in total. The summed E-state index contributed by atoms with van der Waals surface area (Å²) in [5, 5.41) is 0. The van der Waals surface area contributed by atoms with Crippen LogP contribution in [0.3, 0.4) is 0 Å². The topological polar surface area (TPSA) is 3.24 Å². The van der Waals surface area contributed by atoms with E-state index >= 15 is 0 Å². The van der Waals surface area contributed by atoms with Crippen LogP contribution in [0.5, 0.6) is 0 Å². The van der Waals surface area contributed by atoms with Gasteiger partial charge < -0.3 is 4.90 Å². The van der Waals surface area contributed by atoms with Crippen molar-refractivity contribution in [2.24, 2.45) is 5.92 Å². The van der Waals surface area contributed by atoms with Crippen LogP contribution in [0.15, 0.2) is 0 Å². The fourth-order valence-corrected chi connectivity index (χ4v) is 3.31. The van der Waals surface area contributed by atoms with Gasteiger partial charge in [0, 0.05) is 6.54 Å². The highest BCUT2D eigenvalue weighted by molar-refractivity contribution is 8.93. The summed E-state index contributed by atoms with van der Waals surface area (Å²) in [4.78, 5) is 2.69. The fraction of sp³-hybridized carbons (Fsp3) is 1.00. The second-order valence-corrected chi connectivity index (χ2v) is 6.73. The second kappa shape index (κ2) is 14.4. The maximum atomic E-state index is 2.69. The van der Waals surface area contributed by atoms with E-state index in [1.165, 1.54) is 96.7 Å². The molecule has 0 amide bonds. The van der Waals surface area contributed by atoms with Crippen LogP contribution in [0.2, 0.25) is 0 Å². The Morgan fingerprint density at radius 1 is 0.850 bits per heavy atom. The van der Waals surface area contributed by atoms with Gasteiger partial charge in [0.25, 0.3) is 0 Å². The second-order valence-electron chi connectivity index (χ2n) is 6.73. The van der Waals surface area contributed by atoms with Gasteiger partial charge in [-0.25, -0.2) is 0 Å². The molecule has 0 aliphatic carbocycles. The molecule has 1 saturated heterocycles. The molecule has 122 valence electrons. The van der Waals surface area contributed by atoms with Gasteiger partial charge in [-0.1, -0.05) is 71.6 Å². The summed E-state index contributed by atoms with van der Waals surface area (Å²) < 4.78 is 0. The van der Waals surface area contributed by atoms with Crippen LogP contribution in [0.1, 0.15) is 90.9 Å². The quantitative estimate of drug-likeness (QED) is 0.401. The Balaban J connectivity index is 0.00000361. The molecule has 1 heterocycles. The van der Waals surface area contributed by atoms with Crippen molar-refractivity contribution in [2.75, 3.05) is 19.6 Å². The highest BCUT2D eigenvalue weighted by Gasteiger charge is 2.14. The van der Waals surface area contributed by atoms with Crippen molar-refractivity contribution in [3.63, 3.8) is 0 Å². The first-order valence-electron chi connectivity index (χ1n) is 9.05. The van der Waals surface area contributed by atoms with Crippen molar-refractivity contribution in [3.8, 4) is 0 Å². The number of hydrogen-bond acceptors (Lipinski definition) is 1. The van der Waals surface area contributed by atoms with Gasteiger partial charge in [-0.2, -0.15) is 0 Å². The predicted octanol–water partition coefficient (Wildman–Crippen LogP) is 6.22. The van der Waals surface area contributed by atoms with Crippen LogP contribution in [0, 0.1) is 5.92 Å². The van der Waals surface area contributed by atoms with E-state index in [0.29, 0.717) is 0 Å². The van der Waals surface area contributed by atoms with Gasteiger partial charge in [0.1, 0.15) is 0 Å². The molecule has 0 aromatic carbocycles. The van der Waals surface area contributed by atoms with Gasteiger partial charge in [0.15, 0.2) is 0 Å². The minimum absolute atomic E-state index is 0. The maximum absolute atomic E-state index is 2.69. The minimum Gasteiger partial charge on any atom is -0.303 e. The van der Waals surface area contributed by atoms with E-state index in [2.05, 4.69) is 18.7 Å². The number of hydrogen-bond donors (Lipinski definition) is 0. The van der Waals surface area contributed by atoms with Gasteiger partial charge in [-0.05, 0) is 38.3 Å². The molecule has 0 aromatic heterocycles. The van der Waals surface area contributed by atoms with Crippen LogP contribution in [-0.2, 0) is 0 Å². The molecule has 1 aliphatic heterocycles. The molecule has 0 radical (unpaired) electrons. The summed E-state index contributed by atoms with van der Waals surface area (Å²) in [6.45, 7) is 8.79. The Bertz CT molecular complexity index is 196. The standard InChI is InChI=1S/C18H37N.BrH/c1-3-4-5-6-7-8-9-10-11-12-15-19-16-13-14-18(2)17-19;/h18H,3-17H2,1-2H3;1H. The minimum atomic E-state index is 0. The average Bonchev–Trinajstić information content (AvgIpc) is 2.41. The van der Waals surface area contributed by atoms with Crippen LogP contribution in [0.4, 0.5) is 0 Å². The normalized spacial score (nSPS) is 19.8. The van der Waals surface area contributed by atoms with Crippen LogP contribution in [0.25, 0.3) is 0 Å². The Morgan fingerprint density at radius 2 is 1.40 bits per heavy atom. The van der Waals surface area contributed by atoms with E-state index in [0.717, 1.165) is 5.92 Å². The summed E-state index contributed by atoms with van der Waals surface area (Å²) in [5.41, 5.74) is 0. The van der Waals surface area contributed by atoms with Crippen molar-refractivity contribution >= 4 is 17.0 Å². The Labute approximate surface area is 138 Å². The molecule has 2 heteroatoms. The Kier molecular flexibility index (Phi) is 14.7. The molecule has 0 aromatic rings. The molecular weight excluding hydrogens is 310 g/mol. The summed E-state index contributed by atoms with van der Waals surface area (Å²) in [7, 11) is 0. The molecule has 1 unspecified atom stereocenters. The van der Waals surface area contributed by atoms with Crippen LogP contribution < -0.4 is 0 Å². The lowest BCUT2D eigenvalue weighted by Crippen LogP contribution is -2.34. The van der Waals surface area contributed by atoms with Crippen LogP contribution >= 0.6 is 17.0 Å². The monoisotopic (exact) mass is 347 g/mol. The molecule has 20 heavy (non-hydrogen) atoms. The zero-order chi connectivity index (χ0) is 13.8. The van der Waals surface area contributed by atoms with Gasteiger partial charge in [-0.15, -0.1) is 17.0 Å². The third kappa shape index (κ3) is 11.1. The first kappa shape index (κ1) is 20.4. The lowest BCUT2D eigenvalue weighted by molar-refractivity contribution is 0.180. The first-order valence-corrected chi connectivity index (χ1v) is 9.05. The van der Waals surface area contributed by atoms with Crippen molar-refractivity contribution in [1.29, 1.82) is 0 Å². The largest absolute Gasteiger partial charge is 0.303 e. The first-order chi connectivity index (χ1) is 9.33. The van der Waals surface area contributed by atoms with Crippen molar-refractivity contribution < 1.29 is 0 Å². The predicted molar refractivity (Wildman–Crippen MR) is 97.0 cm³/mol. The van der Waals surface area contributed by atoms with E-state index < -0.39 is 0 Å². The fourth-order valence-electron chi connectivity index (χ4n) is 3.31. The number of halogens is 1. The lowest BCUT2D eigenvalue weighted by atomic mass is 10.00. The summed E-state index contributed by atoms with van der Waals surface area (Å²) in [6, 6.07) is 0. The SMILES string of the molecule is Br.CCCCCCCCCCCCN1CCCC(C)C1. The highest BCUT2D eigenvalue weighted by atomic mass is 79.9. The molecule has 0 spiro atoms. The zero-order valence-corrected chi connectivity index (χ0v) is 15.8. The molecule has 1 atom stereocenters. The van der Waals surface area contributed by atoms with E-state index in [-0.39, 0.29) is 17.0 Å². The summed E-state index contributed by atoms with van der Waals surface area (Å²) in [5.74, 6) is 0.942. The molecule has 1 aliphatic rings. The number of likely N-dealkylation sites (tertiary alicyclic amines) is 1. The average molecular weight is 348 g/mol. The maximum Gasteiger partial charge on any atom is 0.000703 e. The third-order valence-electron chi connectivity index (χ3n) is 4.57. The van der Waals surface area contributed by atoms with Crippen LogP contribution in [-0.4, -0.2) is 24.5 Å². The van der Waals surface area contributed by atoms with Gasteiger partial charge in [-0.3, -0.25) is 0 Å². The lowest BCUT2D eigenvalue weighted by Gasteiger charge is -2.30. The molecule has 1 fully saturated rings. The van der Waals surface area contributed by atoms with Gasteiger partial charge in [0.05, 0.1) is 0 Å². The molecule has 1 rings (SSSR count). The van der Waals surface area contributed by atoms with Crippen molar-refractivity contribution in [2.45, 2.75) is 90.9 Å². The highest BCUT2D eigenvalue weighted by Crippen LogP contribution is 2.16. The smallest absolute Gasteiger partial charge is 0.000703 e. The van der Waals surface area contributed by atoms with E-state index in [4.69, 9.17) is 0 Å².